The first kappa shape index (κ1) is 13.8. The standard InChI is InChI=1S/C14H20N2O3/c1-5-16-13(17)7-12(14(16)18)15-9(3)11-6-8(2)19-10(11)4/h6,9,12,15H,5,7H2,1-4H3. The van der Waals surface area contributed by atoms with E-state index >= 15 is 0 Å². The molecule has 2 unspecified atom stereocenters. The van der Waals surface area contributed by atoms with Crippen molar-refractivity contribution in [3.63, 3.8) is 0 Å². The molecule has 2 heterocycles. The highest BCUT2D eigenvalue weighted by molar-refractivity contribution is 6.05. The average molecular weight is 264 g/mol. The number of carbonyl (C=O) groups excluding carboxylic acids is 2. The van der Waals surface area contributed by atoms with Gasteiger partial charge in [0.15, 0.2) is 0 Å². The number of likely N-dealkylation sites (N-methyl/N-ethyl adjacent to an activating group) is 1. The fraction of sp³-hybridized carbons (Fsp3) is 0.571. The maximum absolute atomic E-state index is 12.0. The lowest BCUT2D eigenvalue weighted by Crippen LogP contribution is -2.39. The van der Waals surface area contributed by atoms with E-state index in [1.54, 1.807) is 0 Å². The Bertz CT molecular complexity index is 507. The van der Waals surface area contributed by atoms with Gasteiger partial charge in [-0.15, -0.1) is 0 Å². The second-order valence-electron chi connectivity index (χ2n) is 4.99. The summed E-state index contributed by atoms with van der Waals surface area (Å²) in [6.45, 7) is 8.02. The second-order valence-corrected chi connectivity index (χ2v) is 4.99. The van der Waals surface area contributed by atoms with E-state index in [1.807, 2.05) is 33.8 Å². The molecular formula is C14H20N2O3. The summed E-state index contributed by atoms with van der Waals surface area (Å²) in [4.78, 5) is 25.0. The molecule has 1 fully saturated rings. The van der Waals surface area contributed by atoms with Crippen LogP contribution in [0, 0.1) is 13.8 Å². The molecule has 0 bridgehead atoms. The molecule has 1 aliphatic heterocycles. The van der Waals surface area contributed by atoms with Gasteiger partial charge in [-0.3, -0.25) is 19.8 Å². The van der Waals surface area contributed by atoms with Gasteiger partial charge in [-0.1, -0.05) is 0 Å². The third-order valence-electron chi connectivity index (χ3n) is 3.56. The number of hydrogen-bond donors (Lipinski definition) is 1. The molecular weight excluding hydrogens is 244 g/mol. The average Bonchev–Trinajstić information content (AvgIpc) is 2.80. The molecule has 0 spiro atoms. The van der Waals surface area contributed by atoms with Crippen LogP contribution in [0.2, 0.25) is 0 Å². The number of carbonyl (C=O) groups is 2. The lowest BCUT2D eigenvalue weighted by atomic mass is 10.1. The summed E-state index contributed by atoms with van der Waals surface area (Å²) in [5.74, 6) is 1.47. The van der Waals surface area contributed by atoms with Crippen molar-refractivity contribution in [1.82, 2.24) is 10.2 Å². The summed E-state index contributed by atoms with van der Waals surface area (Å²) >= 11 is 0. The van der Waals surface area contributed by atoms with Gasteiger partial charge in [0.25, 0.3) is 0 Å². The number of nitrogens with one attached hydrogen (secondary N) is 1. The smallest absolute Gasteiger partial charge is 0.246 e. The SMILES string of the molecule is CCN1C(=O)CC(NC(C)c2cc(C)oc2C)C1=O. The molecule has 2 atom stereocenters. The van der Waals surface area contributed by atoms with Crippen molar-refractivity contribution in [3.8, 4) is 0 Å². The van der Waals surface area contributed by atoms with Crippen LogP contribution in [0.3, 0.4) is 0 Å². The van der Waals surface area contributed by atoms with Crippen LogP contribution in [-0.4, -0.2) is 29.3 Å². The van der Waals surface area contributed by atoms with Gasteiger partial charge in [0, 0.05) is 18.2 Å². The Balaban J connectivity index is 2.08. The third kappa shape index (κ3) is 2.56. The first-order valence-electron chi connectivity index (χ1n) is 6.61. The van der Waals surface area contributed by atoms with E-state index in [2.05, 4.69) is 5.32 Å². The van der Waals surface area contributed by atoms with Crippen molar-refractivity contribution in [1.29, 1.82) is 0 Å². The third-order valence-corrected chi connectivity index (χ3v) is 3.56. The fourth-order valence-electron chi connectivity index (χ4n) is 2.62. The highest BCUT2D eigenvalue weighted by Gasteiger charge is 2.38. The first-order valence-corrected chi connectivity index (χ1v) is 6.61. The van der Waals surface area contributed by atoms with Gasteiger partial charge in [-0.25, -0.2) is 0 Å². The van der Waals surface area contributed by atoms with Crippen molar-refractivity contribution in [2.75, 3.05) is 6.54 Å². The number of amides is 2. The van der Waals surface area contributed by atoms with Crippen LogP contribution in [0.1, 0.15) is 43.4 Å². The van der Waals surface area contributed by atoms with E-state index in [4.69, 9.17) is 4.42 Å². The minimum atomic E-state index is -0.419. The number of furan rings is 1. The van der Waals surface area contributed by atoms with Crippen molar-refractivity contribution in [3.05, 3.63) is 23.2 Å². The molecule has 1 saturated heterocycles. The number of imide groups is 1. The fourth-order valence-corrected chi connectivity index (χ4v) is 2.62. The summed E-state index contributed by atoms with van der Waals surface area (Å²) in [6.07, 6.45) is 0.243. The predicted molar refractivity (Wildman–Crippen MR) is 70.5 cm³/mol. The molecule has 0 radical (unpaired) electrons. The summed E-state index contributed by atoms with van der Waals surface area (Å²) in [7, 11) is 0. The summed E-state index contributed by atoms with van der Waals surface area (Å²) < 4.78 is 5.49. The predicted octanol–water partition coefficient (Wildman–Crippen LogP) is 1.69. The Morgan fingerprint density at radius 2 is 2.16 bits per heavy atom. The summed E-state index contributed by atoms with van der Waals surface area (Å²) in [5, 5.41) is 3.22. The highest BCUT2D eigenvalue weighted by atomic mass is 16.3. The van der Waals surface area contributed by atoms with E-state index in [-0.39, 0.29) is 24.3 Å². The maximum Gasteiger partial charge on any atom is 0.246 e. The van der Waals surface area contributed by atoms with Crippen molar-refractivity contribution in [2.45, 2.75) is 46.2 Å². The van der Waals surface area contributed by atoms with Gasteiger partial charge in [0.05, 0.1) is 12.5 Å². The molecule has 0 aromatic carbocycles. The van der Waals surface area contributed by atoms with Gasteiger partial charge in [-0.2, -0.15) is 0 Å². The van der Waals surface area contributed by atoms with Crippen LogP contribution >= 0.6 is 0 Å². The Morgan fingerprint density at radius 1 is 1.47 bits per heavy atom. The lowest BCUT2D eigenvalue weighted by Gasteiger charge is -2.18. The van der Waals surface area contributed by atoms with Crippen LogP contribution in [-0.2, 0) is 9.59 Å². The molecule has 0 aliphatic carbocycles. The molecule has 5 nitrogen and oxygen atoms in total. The monoisotopic (exact) mass is 264 g/mol. The van der Waals surface area contributed by atoms with E-state index in [0.717, 1.165) is 17.1 Å². The number of aryl methyl sites for hydroxylation is 2. The summed E-state index contributed by atoms with van der Waals surface area (Å²) in [6, 6.07) is 1.53. The minimum absolute atomic E-state index is 0.0176. The molecule has 1 aliphatic rings. The molecule has 104 valence electrons. The van der Waals surface area contributed by atoms with E-state index in [9.17, 15) is 9.59 Å². The molecule has 1 aromatic rings. The van der Waals surface area contributed by atoms with Gasteiger partial charge >= 0.3 is 0 Å². The Morgan fingerprint density at radius 3 is 2.63 bits per heavy atom. The first-order chi connectivity index (χ1) is 8.93. The van der Waals surface area contributed by atoms with Crippen LogP contribution in [0.25, 0.3) is 0 Å². The quantitative estimate of drug-likeness (QED) is 0.841. The molecule has 1 N–H and O–H groups in total. The minimum Gasteiger partial charge on any atom is -0.466 e. The van der Waals surface area contributed by atoms with E-state index in [1.165, 1.54) is 4.90 Å². The van der Waals surface area contributed by atoms with Crippen molar-refractivity contribution in [2.24, 2.45) is 0 Å². The Labute approximate surface area is 113 Å². The van der Waals surface area contributed by atoms with Crippen LogP contribution in [0.15, 0.2) is 10.5 Å². The normalized spacial score (nSPS) is 21.3. The van der Waals surface area contributed by atoms with E-state index in [0.29, 0.717) is 6.54 Å². The number of likely N-dealkylation sites (tertiary alicyclic amines) is 1. The zero-order valence-electron chi connectivity index (χ0n) is 11.8. The van der Waals surface area contributed by atoms with Gasteiger partial charge in [0.1, 0.15) is 11.5 Å². The zero-order valence-corrected chi connectivity index (χ0v) is 11.8. The second kappa shape index (κ2) is 5.17. The number of hydrogen-bond acceptors (Lipinski definition) is 4. The van der Waals surface area contributed by atoms with Crippen LogP contribution in [0.4, 0.5) is 0 Å². The zero-order chi connectivity index (χ0) is 14.2. The summed E-state index contributed by atoms with van der Waals surface area (Å²) in [5.41, 5.74) is 1.03. The van der Waals surface area contributed by atoms with Gasteiger partial charge < -0.3 is 4.42 Å². The number of rotatable bonds is 4. The van der Waals surface area contributed by atoms with Crippen LogP contribution in [0.5, 0.6) is 0 Å². The van der Waals surface area contributed by atoms with Crippen LogP contribution < -0.4 is 5.32 Å². The molecule has 2 amide bonds. The molecule has 5 heteroatoms. The Kier molecular flexibility index (Phi) is 3.75. The Hall–Kier alpha value is -1.62. The van der Waals surface area contributed by atoms with Gasteiger partial charge in [-0.05, 0) is 33.8 Å². The van der Waals surface area contributed by atoms with Crippen molar-refractivity contribution >= 4 is 11.8 Å². The molecule has 19 heavy (non-hydrogen) atoms. The molecule has 0 saturated carbocycles. The maximum atomic E-state index is 12.0. The lowest BCUT2D eigenvalue weighted by molar-refractivity contribution is -0.138. The topological polar surface area (TPSA) is 62.6 Å². The highest BCUT2D eigenvalue weighted by Crippen LogP contribution is 2.23. The van der Waals surface area contributed by atoms with Gasteiger partial charge in [0.2, 0.25) is 11.8 Å². The number of nitrogens with zero attached hydrogens (tertiary/aromatic N) is 1. The molecule has 2 rings (SSSR count). The largest absolute Gasteiger partial charge is 0.466 e. The van der Waals surface area contributed by atoms with E-state index < -0.39 is 6.04 Å². The van der Waals surface area contributed by atoms with Crippen molar-refractivity contribution < 1.29 is 14.0 Å². The molecule has 1 aromatic heterocycles.